The topological polar surface area (TPSA) is 62.2 Å². The molecule has 1 aromatic heterocycles. The monoisotopic (exact) mass is 254 g/mol. The van der Waals surface area contributed by atoms with Gasteiger partial charge in [0.15, 0.2) is 0 Å². The Morgan fingerprint density at radius 3 is 2.76 bits per heavy atom. The summed E-state index contributed by atoms with van der Waals surface area (Å²) in [5, 5.41) is 12.4. The molecule has 5 heteroatoms. The molecule has 0 aliphatic carbocycles. The van der Waals surface area contributed by atoms with Crippen LogP contribution in [0.25, 0.3) is 0 Å². The third-order valence-corrected chi connectivity index (χ3v) is 3.19. The van der Waals surface area contributed by atoms with Crippen molar-refractivity contribution >= 4 is 23.5 Å². The molecule has 0 saturated carbocycles. The van der Waals surface area contributed by atoms with Crippen LogP contribution in [-0.2, 0) is 0 Å². The van der Waals surface area contributed by atoms with Gasteiger partial charge in [-0.05, 0) is 38.7 Å². The highest BCUT2D eigenvalue weighted by Crippen LogP contribution is 2.20. The number of nitrogens with zero attached hydrogens (tertiary/aromatic N) is 1. The van der Waals surface area contributed by atoms with Crippen molar-refractivity contribution in [1.82, 2.24) is 4.98 Å². The van der Waals surface area contributed by atoms with Gasteiger partial charge in [0.1, 0.15) is 11.4 Å². The molecule has 0 aliphatic rings. The van der Waals surface area contributed by atoms with E-state index in [1.807, 2.05) is 20.1 Å². The average molecular weight is 254 g/mol. The van der Waals surface area contributed by atoms with Crippen LogP contribution in [-0.4, -0.2) is 34.1 Å². The molecule has 4 nitrogen and oxygen atoms in total. The van der Waals surface area contributed by atoms with E-state index in [0.29, 0.717) is 5.82 Å². The van der Waals surface area contributed by atoms with E-state index in [1.54, 1.807) is 24.8 Å². The zero-order valence-electron chi connectivity index (χ0n) is 10.6. The van der Waals surface area contributed by atoms with Crippen LogP contribution in [0.1, 0.15) is 28.5 Å². The van der Waals surface area contributed by atoms with Crippen LogP contribution < -0.4 is 5.32 Å². The van der Waals surface area contributed by atoms with Crippen LogP contribution >= 0.6 is 11.8 Å². The Balaban J connectivity index is 3.08. The van der Waals surface area contributed by atoms with Crippen molar-refractivity contribution in [2.24, 2.45) is 0 Å². The lowest BCUT2D eigenvalue weighted by atomic mass is 10.1. The number of pyridine rings is 1. The van der Waals surface area contributed by atoms with Gasteiger partial charge in [-0.2, -0.15) is 11.8 Å². The van der Waals surface area contributed by atoms with Gasteiger partial charge in [0.05, 0.1) is 0 Å². The summed E-state index contributed by atoms with van der Waals surface area (Å²) in [5.41, 5.74) is 1.83. The predicted molar refractivity (Wildman–Crippen MR) is 72.1 cm³/mol. The van der Waals surface area contributed by atoms with E-state index in [2.05, 4.69) is 10.3 Å². The first-order valence-electron chi connectivity index (χ1n) is 5.42. The van der Waals surface area contributed by atoms with E-state index in [1.165, 1.54) is 0 Å². The van der Waals surface area contributed by atoms with Crippen molar-refractivity contribution in [1.29, 1.82) is 0 Å². The molecule has 1 unspecified atom stereocenters. The molecule has 0 fully saturated rings. The number of nitrogens with one attached hydrogen (secondary N) is 1. The number of aromatic carboxylic acids is 1. The normalized spacial score (nSPS) is 12.2. The number of carboxylic acids is 1. The molecule has 0 amide bonds. The Labute approximate surface area is 106 Å². The van der Waals surface area contributed by atoms with Gasteiger partial charge < -0.3 is 10.4 Å². The summed E-state index contributed by atoms with van der Waals surface area (Å²) in [5.74, 6) is 0.443. The molecule has 2 N–H and O–H groups in total. The molecule has 1 atom stereocenters. The lowest BCUT2D eigenvalue weighted by Crippen LogP contribution is -2.21. The second-order valence-electron chi connectivity index (χ2n) is 4.11. The fourth-order valence-electron chi connectivity index (χ4n) is 1.74. The fourth-order valence-corrected chi connectivity index (χ4v) is 2.32. The van der Waals surface area contributed by atoms with Gasteiger partial charge >= 0.3 is 5.97 Å². The maximum atomic E-state index is 11.2. The van der Waals surface area contributed by atoms with E-state index < -0.39 is 5.97 Å². The van der Waals surface area contributed by atoms with E-state index in [0.717, 1.165) is 17.0 Å². The average Bonchev–Trinajstić information content (AvgIpc) is 2.15. The van der Waals surface area contributed by atoms with Gasteiger partial charge in [0, 0.05) is 17.5 Å². The molecule has 0 aromatic carbocycles. The van der Waals surface area contributed by atoms with Crippen LogP contribution in [0, 0.1) is 13.8 Å². The van der Waals surface area contributed by atoms with Crippen LogP contribution in [0.15, 0.2) is 6.07 Å². The smallest absolute Gasteiger partial charge is 0.339 e. The van der Waals surface area contributed by atoms with Crippen LogP contribution in [0.4, 0.5) is 5.82 Å². The molecule has 94 valence electrons. The second kappa shape index (κ2) is 5.91. The molecule has 0 saturated heterocycles. The van der Waals surface area contributed by atoms with E-state index in [-0.39, 0.29) is 11.6 Å². The largest absolute Gasteiger partial charge is 0.478 e. The molecule has 0 bridgehead atoms. The Kier molecular flexibility index (Phi) is 4.81. The first kappa shape index (κ1) is 13.8. The predicted octanol–water partition coefficient (Wildman–Crippen LogP) is 2.56. The SMILES string of the molecule is CSCC(C)Nc1nc(C)cc(C)c1C(=O)O. The van der Waals surface area contributed by atoms with Gasteiger partial charge in [-0.15, -0.1) is 0 Å². The first-order valence-corrected chi connectivity index (χ1v) is 6.82. The maximum Gasteiger partial charge on any atom is 0.339 e. The summed E-state index contributed by atoms with van der Waals surface area (Å²) >= 11 is 1.71. The molecule has 1 heterocycles. The molecular formula is C12H18N2O2S. The van der Waals surface area contributed by atoms with E-state index in [9.17, 15) is 9.90 Å². The first-order chi connectivity index (χ1) is 7.95. The molecule has 1 rings (SSSR count). The number of rotatable bonds is 5. The number of hydrogen-bond donors (Lipinski definition) is 2. The molecule has 1 aromatic rings. The van der Waals surface area contributed by atoms with Crippen molar-refractivity contribution in [2.45, 2.75) is 26.8 Å². The van der Waals surface area contributed by atoms with Gasteiger partial charge in [-0.25, -0.2) is 9.78 Å². The van der Waals surface area contributed by atoms with Crippen LogP contribution in [0.2, 0.25) is 0 Å². The fraction of sp³-hybridized carbons (Fsp3) is 0.500. The third-order valence-electron chi connectivity index (χ3n) is 2.36. The summed E-state index contributed by atoms with van der Waals surface area (Å²) in [6.07, 6.45) is 2.02. The van der Waals surface area contributed by atoms with Crippen LogP contribution in [0.3, 0.4) is 0 Å². The lowest BCUT2D eigenvalue weighted by molar-refractivity contribution is 0.0697. The highest BCUT2D eigenvalue weighted by molar-refractivity contribution is 7.98. The zero-order chi connectivity index (χ0) is 13.0. The van der Waals surface area contributed by atoms with E-state index in [4.69, 9.17) is 0 Å². The maximum absolute atomic E-state index is 11.2. The zero-order valence-corrected chi connectivity index (χ0v) is 11.4. The van der Waals surface area contributed by atoms with Crippen LogP contribution in [0.5, 0.6) is 0 Å². The Morgan fingerprint density at radius 1 is 1.59 bits per heavy atom. The lowest BCUT2D eigenvalue weighted by Gasteiger charge is -2.16. The van der Waals surface area contributed by atoms with Crippen molar-refractivity contribution < 1.29 is 9.90 Å². The Morgan fingerprint density at radius 2 is 2.24 bits per heavy atom. The quantitative estimate of drug-likeness (QED) is 0.845. The highest BCUT2D eigenvalue weighted by Gasteiger charge is 2.16. The minimum absolute atomic E-state index is 0.191. The highest BCUT2D eigenvalue weighted by atomic mass is 32.2. The van der Waals surface area contributed by atoms with Crippen molar-refractivity contribution in [2.75, 3.05) is 17.3 Å². The van der Waals surface area contributed by atoms with Crippen molar-refractivity contribution in [3.8, 4) is 0 Å². The number of aryl methyl sites for hydroxylation is 2. The number of thioether (sulfide) groups is 1. The number of carboxylic acid groups (broad SMARTS) is 1. The number of carbonyl (C=O) groups is 1. The summed E-state index contributed by atoms with van der Waals surface area (Å²) < 4.78 is 0. The minimum Gasteiger partial charge on any atom is -0.478 e. The number of hydrogen-bond acceptors (Lipinski definition) is 4. The Bertz CT molecular complexity index is 421. The molecule has 0 spiro atoms. The summed E-state index contributed by atoms with van der Waals surface area (Å²) in [7, 11) is 0. The second-order valence-corrected chi connectivity index (χ2v) is 5.02. The number of aromatic nitrogens is 1. The van der Waals surface area contributed by atoms with Crippen molar-refractivity contribution in [3.05, 3.63) is 22.9 Å². The Hall–Kier alpha value is -1.23. The molecule has 17 heavy (non-hydrogen) atoms. The van der Waals surface area contributed by atoms with Crippen molar-refractivity contribution in [3.63, 3.8) is 0 Å². The van der Waals surface area contributed by atoms with Gasteiger partial charge in [-0.3, -0.25) is 0 Å². The molecule has 0 radical (unpaired) electrons. The minimum atomic E-state index is -0.936. The number of anilines is 1. The summed E-state index contributed by atoms with van der Waals surface area (Å²) in [4.78, 5) is 15.5. The van der Waals surface area contributed by atoms with Gasteiger partial charge in [0.2, 0.25) is 0 Å². The summed E-state index contributed by atoms with van der Waals surface area (Å²) in [6, 6.07) is 1.98. The standard InChI is InChI=1S/C12H18N2O2S/c1-7-5-8(2)13-11(10(7)12(15)16)14-9(3)6-17-4/h5,9H,6H2,1-4H3,(H,13,14)(H,15,16). The van der Waals surface area contributed by atoms with E-state index >= 15 is 0 Å². The molecule has 0 aliphatic heterocycles. The molecular weight excluding hydrogens is 236 g/mol. The summed E-state index contributed by atoms with van der Waals surface area (Å²) in [6.45, 7) is 5.67. The third kappa shape index (κ3) is 3.63. The van der Waals surface area contributed by atoms with Gasteiger partial charge in [-0.1, -0.05) is 0 Å². The van der Waals surface area contributed by atoms with Gasteiger partial charge in [0.25, 0.3) is 0 Å².